The van der Waals surface area contributed by atoms with Crippen molar-refractivity contribution in [2.45, 2.75) is 131 Å². The van der Waals surface area contributed by atoms with E-state index in [-0.39, 0.29) is 0 Å². The molecule has 0 aromatic heterocycles. The van der Waals surface area contributed by atoms with Crippen molar-refractivity contribution in [2.75, 3.05) is 0 Å². The van der Waals surface area contributed by atoms with Gasteiger partial charge in [-0.05, 0) is 0 Å². The average molecular weight is 525 g/mol. The van der Waals surface area contributed by atoms with Crippen molar-refractivity contribution in [2.24, 2.45) is 0 Å². The van der Waals surface area contributed by atoms with Crippen molar-refractivity contribution in [3.8, 4) is 0 Å². The predicted molar refractivity (Wildman–Crippen MR) is 163 cm³/mol. The first-order valence-corrected chi connectivity index (χ1v) is 43.5. The molecule has 0 aromatic rings. The van der Waals surface area contributed by atoms with Gasteiger partial charge in [0.05, 0.1) is 0 Å². The second-order valence-electron chi connectivity index (χ2n) is 15.5. The quantitative estimate of drug-likeness (QED) is 0.305. The van der Waals surface area contributed by atoms with Gasteiger partial charge in [0.2, 0.25) is 0 Å². The maximum absolute atomic E-state index is 2.78. The van der Waals surface area contributed by atoms with Crippen molar-refractivity contribution in [3.63, 3.8) is 0 Å². The minimum absolute atomic E-state index is 0.820. The van der Waals surface area contributed by atoms with Crippen LogP contribution in [0.1, 0.15) is 0 Å². The molecule has 172 valence electrons. The Bertz CT molecular complexity index is 462. The van der Waals surface area contributed by atoms with Gasteiger partial charge in [-0.3, -0.25) is 0 Å². The van der Waals surface area contributed by atoms with Gasteiger partial charge in [0, 0.05) is 58.8 Å². The third-order valence-corrected chi connectivity index (χ3v) is 150. The van der Waals surface area contributed by atoms with Crippen LogP contribution < -0.4 is 0 Å². The lowest BCUT2D eigenvalue weighted by Crippen LogP contribution is -2.83. The monoisotopic (exact) mass is 524 g/mol. The first-order chi connectivity index (χ1) is 11.5. The summed E-state index contributed by atoms with van der Waals surface area (Å²) in [6.07, 6.45) is 0. The Hall–Kier alpha value is 1.74. The third-order valence-electron chi connectivity index (χ3n) is 10.6. The summed E-state index contributed by atoms with van der Waals surface area (Å²) in [5.41, 5.74) is 0. The standard InChI is InChI=1S/C12H36Si5.C8H24Si3/c1-13(2,3)15(7,8)17(11,12)16(9,10)14(4,5)6;1-9(2,3)11(7,8)10(4,5)6/h1-12H3;1-8H3. The molecule has 8 heteroatoms. The van der Waals surface area contributed by atoms with E-state index >= 15 is 0 Å². The Kier molecular flexibility index (Phi) is 10.2. The van der Waals surface area contributed by atoms with Crippen LogP contribution in [0.4, 0.5) is 0 Å². The van der Waals surface area contributed by atoms with E-state index < -0.39 is 58.8 Å². The van der Waals surface area contributed by atoms with Crippen LogP contribution in [0.15, 0.2) is 0 Å². The third kappa shape index (κ3) is 6.38. The normalized spacial score (nSPS) is 15.9. The molecule has 28 heavy (non-hydrogen) atoms. The molecule has 0 bridgehead atoms. The van der Waals surface area contributed by atoms with Crippen LogP contribution in [0.25, 0.3) is 0 Å². The highest BCUT2D eigenvalue weighted by Crippen LogP contribution is 2.39. The van der Waals surface area contributed by atoms with Crippen LogP contribution in [0, 0.1) is 0 Å². The van der Waals surface area contributed by atoms with E-state index in [1.165, 1.54) is 0 Å². The largest absolute Gasteiger partial charge is 0.0735 e. The van der Waals surface area contributed by atoms with Crippen LogP contribution in [-0.4, -0.2) is 58.8 Å². The summed E-state index contributed by atoms with van der Waals surface area (Å²) in [6.45, 7) is 53.0. The van der Waals surface area contributed by atoms with Gasteiger partial charge in [-0.15, -0.1) is 0 Å². The summed E-state index contributed by atoms with van der Waals surface area (Å²) in [5.74, 6) is 0. The van der Waals surface area contributed by atoms with Gasteiger partial charge in [0.25, 0.3) is 0 Å². The Balaban J connectivity index is 0. The highest BCUT2D eigenvalue weighted by atomic mass is 29.9. The van der Waals surface area contributed by atoms with Crippen molar-refractivity contribution >= 4 is 58.8 Å². The molecule has 0 aliphatic heterocycles. The Morgan fingerprint density at radius 2 is 0.321 bits per heavy atom. The molecule has 0 rings (SSSR count). The van der Waals surface area contributed by atoms with Gasteiger partial charge in [-0.25, -0.2) is 0 Å². The number of hydrogen-bond donors (Lipinski definition) is 0. The predicted octanol–water partition coefficient (Wildman–Crippen LogP) is 8.63. The summed E-state index contributed by atoms with van der Waals surface area (Å²) in [4.78, 5) is 0. The zero-order valence-electron chi connectivity index (χ0n) is 24.0. The average Bonchev–Trinajstić information content (AvgIpc) is 2.33. The first-order valence-electron chi connectivity index (χ1n) is 11.5. The second kappa shape index (κ2) is 8.94. The van der Waals surface area contributed by atoms with Gasteiger partial charge in [0.15, 0.2) is 0 Å². The highest BCUT2D eigenvalue weighted by Gasteiger charge is 2.60. The molecule has 0 radical (unpaired) electrons. The number of rotatable bonds is 6. The SMILES string of the molecule is C[Si](C)(C)[Si](C)(C)[Si](C)(C)C.C[Si](C)(C)[Si](C)(C)[Si](C)(C)[Si](C)(C)[Si](C)(C)C. The lowest BCUT2D eigenvalue weighted by atomic mass is 11.8. The minimum atomic E-state index is -1.03. The molecule has 0 amide bonds. The van der Waals surface area contributed by atoms with E-state index in [0.717, 1.165) is 0 Å². The molecule has 0 fully saturated rings. The fourth-order valence-corrected chi connectivity index (χ4v) is 143. The Morgan fingerprint density at radius 3 is 0.393 bits per heavy atom. The maximum Gasteiger partial charge on any atom is 0.0357 e. The molecule has 0 atom stereocenters. The molecule has 0 heterocycles. The summed E-state index contributed by atoms with van der Waals surface area (Å²) in [5, 5.41) is 0. The molecule has 0 aromatic carbocycles. The van der Waals surface area contributed by atoms with Crippen LogP contribution in [-0.2, 0) is 0 Å². The van der Waals surface area contributed by atoms with Crippen LogP contribution in [0.3, 0.4) is 0 Å². The molecule has 0 saturated heterocycles. The van der Waals surface area contributed by atoms with E-state index in [0.29, 0.717) is 0 Å². The lowest BCUT2D eigenvalue weighted by molar-refractivity contribution is 1.71. The molecular weight excluding hydrogens is 465 g/mol. The topological polar surface area (TPSA) is 0 Å². The fraction of sp³-hybridized carbons (Fsp3) is 1.00. The lowest BCUT2D eigenvalue weighted by Gasteiger charge is -2.58. The molecule has 0 unspecified atom stereocenters. The van der Waals surface area contributed by atoms with E-state index in [1.54, 1.807) is 0 Å². The Labute approximate surface area is 188 Å². The van der Waals surface area contributed by atoms with Gasteiger partial charge in [-0.2, -0.15) is 0 Å². The highest BCUT2D eigenvalue weighted by molar-refractivity contribution is 7.91. The van der Waals surface area contributed by atoms with Crippen molar-refractivity contribution in [1.29, 1.82) is 0 Å². The molecule has 0 nitrogen and oxygen atoms in total. The summed E-state index contributed by atoms with van der Waals surface area (Å²) in [7, 11) is -7.41. The van der Waals surface area contributed by atoms with E-state index in [4.69, 9.17) is 0 Å². The zero-order chi connectivity index (χ0) is 24.0. The van der Waals surface area contributed by atoms with Gasteiger partial charge < -0.3 is 0 Å². The van der Waals surface area contributed by atoms with Gasteiger partial charge in [0.1, 0.15) is 0 Å². The van der Waals surface area contributed by atoms with E-state index in [9.17, 15) is 0 Å². The summed E-state index contributed by atoms with van der Waals surface area (Å²) < 4.78 is 0. The molecule has 0 saturated carbocycles. The Morgan fingerprint density at radius 1 is 0.179 bits per heavy atom. The van der Waals surface area contributed by atoms with E-state index in [2.05, 4.69) is 131 Å². The van der Waals surface area contributed by atoms with Crippen molar-refractivity contribution in [3.05, 3.63) is 0 Å². The zero-order valence-corrected chi connectivity index (χ0v) is 32.0. The summed E-state index contributed by atoms with van der Waals surface area (Å²) >= 11 is 0. The van der Waals surface area contributed by atoms with Crippen molar-refractivity contribution in [1.82, 2.24) is 0 Å². The minimum Gasteiger partial charge on any atom is -0.0735 e. The smallest absolute Gasteiger partial charge is 0.0357 e. The molecular formula is C20H60Si8. The summed E-state index contributed by atoms with van der Waals surface area (Å²) in [6, 6.07) is 0. The van der Waals surface area contributed by atoms with Gasteiger partial charge in [-0.1, -0.05) is 131 Å². The number of hydrogen-bond acceptors (Lipinski definition) is 0. The molecule has 0 aliphatic carbocycles. The van der Waals surface area contributed by atoms with E-state index in [1.807, 2.05) is 0 Å². The molecule has 0 spiro atoms. The first kappa shape index (κ1) is 31.9. The van der Waals surface area contributed by atoms with Crippen molar-refractivity contribution < 1.29 is 0 Å². The van der Waals surface area contributed by atoms with Crippen LogP contribution >= 0.6 is 0 Å². The van der Waals surface area contributed by atoms with Gasteiger partial charge >= 0.3 is 0 Å². The maximum atomic E-state index is 2.78. The fourth-order valence-electron chi connectivity index (χ4n) is 3.78. The van der Waals surface area contributed by atoms with Crippen LogP contribution in [0.5, 0.6) is 0 Å². The van der Waals surface area contributed by atoms with Crippen LogP contribution in [0.2, 0.25) is 131 Å². The molecule has 0 aliphatic rings. The molecule has 0 N–H and O–H groups in total. The second-order valence-corrected chi connectivity index (χ2v) is 100.